The molecule has 1 fully saturated rings. The summed E-state index contributed by atoms with van der Waals surface area (Å²) < 4.78 is 5.73. The molecule has 0 saturated carbocycles. The lowest BCUT2D eigenvalue weighted by molar-refractivity contribution is 0.214. The third-order valence-corrected chi connectivity index (χ3v) is 2.39. The number of aromatic nitrogens is 2. The quantitative estimate of drug-likeness (QED) is 0.773. The summed E-state index contributed by atoms with van der Waals surface area (Å²) in [5.74, 6) is 1.52. The average Bonchev–Trinajstić information content (AvgIpc) is 2.71. The van der Waals surface area contributed by atoms with Gasteiger partial charge in [0.1, 0.15) is 18.2 Å². The summed E-state index contributed by atoms with van der Waals surface area (Å²) in [5.41, 5.74) is 0. The average molecular weight is 208 g/mol. The van der Waals surface area contributed by atoms with Gasteiger partial charge in [0.2, 0.25) is 5.88 Å². The molecule has 5 heteroatoms. The lowest BCUT2D eigenvalue weighted by Crippen LogP contribution is -2.20. The van der Waals surface area contributed by atoms with E-state index in [0.29, 0.717) is 5.88 Å². The number of anilines is 1. The molecule has 1 aromatic heterocycles. The monoisotopic (exact) mass is 208 g/mol. The van der Waals surface area contributed by atoms with E-state index in [1.807, 2.05) is 25.1 Å². The van der Waals surface area contributed by atoms with E-state index in [1.165, 1.54) is 6.33 Å². The number of hydrogen-bond donors (Lipinski definition) is 1. The number of rotatable bonds is 3. The summed E-state index contributed by atoms with van der Waals surface area (Å²) in [6, 6.07) is 1.86. The van der Waals surface area contributed by atoms with Gasteiger partial charge in [-0.1, -0.05) is 0 Å². The Balaban J connectivity index is 2.04. The molecule has 1 unspecified atom stereocenters. The third kappa shape index (κ3) is 2.56. The summed E-state index contributed by atoms with van der Waals surface area (Å²) >= 11 is 0. The van der Waals surface area contributed by atoms with E-state index in [2.05, 4.69) is 15.3 Å². The van der Waals surface area contributed by atoms with Crippen molar-refractivity contribution in [3.8, 4) is 5.88 Å². The molecule has 82 valence electrons. The molecule has 5 nitrogen and oxygen atoms in total. The Morgan fingerprint density at radius 1 is 1.47 bits per heavy atom. The summed E-state index contributed by atoms with van der Waals surface area (Å²) in [5, 5.41) is 3.25. The SMILES string of the molecule is CN(C)c1cc(OC2CCNC2)ncn1. The van der Waals surface area contributed by atoms with Gasteiger partial charge in [0, 0.05) is 26.7 Å². The van der Waals surface area contributed by atoms with Crippen LogP contribution in [-0.4, -0.2) is 43.3 Å². The van der Waals surface area contributed by atoms with Crippen LogP contribution in [-0.2, 0) is 0 Å². The lowest BCUT2D eigenvalue weighted by atomic mass is 10.3. The van der Waals surface area contributed by atoms with Gasteiger partial charge in [-0.15, -0.1) is 0 Å². The molecule has 15 heavy (non-hydrogen) atoms. The predicted octanol–water partition coefficient (Wildman–Crippen LogP) is 0.283. The normalized spacial score (nSPS) is 20.3. The second-order valence-corrected chi connectivity index (χ2v) is 3.84. The van der Waals surface area contributed by atoms with Crippen LogP contribution in [0.15, 0.2) is 12.4 Å². The molecule has 0 radical (unpaired) electrons. The highest BCUT2D eigenvalue weighted by Gasteiger charge is 2.16. The van der Waals surface area contributed by atoms with Gasteiger partial charge in [-0.3, -0.25) is 0 Å². The molecule has 0 amide bonds. The highest BCUT2D eigenvalue weighted by Crippen LogP contribution is 2.16. The highest BCUT2D eigenvalue weighted by molar-refractivity contribution is 5.38. The molecule has 1 saturated heterocycles. The molecule has 1 atom stereocenters. The standard InChI is InChI=1S/C10H16N4O/c1-14(2)9-5-10(13-7-12-9)15-8-3-4-11-6-8/h5,7-8,11H,3-4,6H2,1-2H3. The Morgan fingerprint density at radius 3 is 3.00 bits per heavy atom. The summed E-state index contributed by atoms with van der Waals surface area (Å²) in [7, 11) is 3.90. The van der Waals surface area contributed by atoms with Gasteiger partial charge in [-0.25, -0.2) is 9.97 Å². The van der Waals surface area contributed by atoms with Gasteiger partial charge in [0.15, 0.2) is 0 Å². The molecule has 1 N–H and O–H groups in total. The topological polar surface area (TPSA) is 50.3 Å². The minimum absolute atomic E-state index is 0.245. The van der Waals surface area contributed by atoms with Crippen molar-refractivity contribution in [1.29, 1.82) is 0 Å². The van der Waals surface area contributed by atoms with Gasteiger partial charge in [0.25, 0.3) is 0 Å². The number of nitrogens with zero attached hydrogens (tertiary/aromatic N) is 3. The first-order valence-electron chi connectivity index (χ1n) is 5.12. The van der Waals surface area contributed by atoms with Crippen LogP contribution in [0.3, 0.4) is 0 Å². The molecule has 1 aliphatic heterocycles. The summed E-state index contributed by atoms with van der Waals surface area (Å²) in [4.78, 5) is 10.2. The second-order valence-electron chi connectivity index (χ2n) is 3.84. The van der Waals surface area contributed by atoms with Crippen LogP contribution in [0.4, 0.5) is 5.82 Å². The van der Waals surface area contributed by atoms with Crippen molar-refractivity contribution in [2.75, 3.05) is 32.1 Å². The molecule has 0 aromatic carbocycles. The van der Waals surface area contributed by atoms with E-state index in [1.54, 1.807) is 0 Å². The van der Waals surface area contributed by atoms with Crippen LogP contribution >= 0.6 is 0 Å². The van der Waals surface area contributed by atoms with Crippen molar-refractivity contribution in [2.45, 2.75) is 12.5 Å². The van der Waals surface area contributed by atoms with Crippen molar-refractivity contribution in [3.05, 3.63) is 12.4 Å². The van der Waals surface area contributed by atoms with E-state index in [4.69, 9.17) is 4.74 Å². The summed E-state index contributed by atoms with van der Waals surface area (Å²) in [6.45, 7) is 1.93. The zero-order valence-electron chi connectivity index (χ0n) is 9.10. The number of ether oxygens (including phenoxy) is 1. The van der Waals surface area contributed by atoms with Crippen molar-refractivity contribution in [2.24, 2.45) is 0 Å². The van der Waals surface area contributed by atoms with Crippen LogP contribution < -0.4 is 15.0 Å². The van der Waals surface area contributed by atoms with Gasteiger partial charge in [-0.05, 0) is 13.0 Å². The Labute approximate surface area is 89.5 Å². The van der Waals surface area contributed by atoms with E-state index in [0.717, 1.165) is 25.3 Å². The Bertz CT molecular complexity index is 323. The van der Waals surface area contributed by atoms with Gasteiger partial charge >= 0.3 is 0 Å². The third-order valence-electron chi connectivity index (χ3n) is 2.39. The van der Waals surface area contributed by atoms with Crippen LogP contribution in [0.25, 0.3) is 0 Å². The van der Waals surface area contributed by atoms with Crippen LogP contribution in [0.1, 0.15) is 6.42 Å². The fourth-order valence-electron chi connectivity index (χ4n) is 1.54. The Morgan fingerprint density at radius 2 is 2.33 bits per heavy atom. The smallest absolute Gasteiger partial charge is 0.218 e. The maximum atomic E-state index is 5.73. The predicted molar refractivity (Wildman–Crippen MR) is 58.3 cm³/mol. The Kier molecular flexibility index (Phi) is 3.01. The zero-order valence-corrected chi connectivity index (χ0v) is 9.10. The molecule has 1 aliphatic rings. The van der Waals surface area contributed by atoms with Gasteiger partial charge < -0.3 is 15.0 Å². The fraction of sp³-hybridized carbons (Fsp3) is 0.600. The van der Waals surface area contributed by atoms with Crippen LogP contribution in [0.5, 0.6) is 5.88 Å². The molecule has 0 bridgehead atoms. The minimum Gasteiger partial charge on any atom is -0.473 e. The first kappa shape index (κ1) is 10.2. The molecular formula is C10H16N4O. The minimum atomic E-state index is 0.245. The highest BCUT2D eigenvalue weighted by atomic mass is 16.5. The first-order chi connectivity index (χ1) is 7.25. The van der Waals surface area contributed by atoms with Crippen molar-refractivity contribution in [1.82, 2.24) is 15.3 Å². The van der Waals surface area contributed by atoms with E-state index in [9.17, 15) is 0 Å². The maximum Gasteiger partial charge on any atom is 0.218 e. The molecule has 2 heterocycles. The van der Waals surface area contributed by atoms with Crippen LogP contribution in [0, 0.1) is 0 Å². The summed E-state index contributed by atoms with van der Waals surface area (Å²) in [6.07, 6.45) is 2.82. The van der Waals surface area contributed by atoms with Gasteiger partial charge in [0.05, 0.1) is 0 Å². The van der Waals surface area contributed by atoms with Crippen molar-refractivity contribution < 1.29 is 4.74 Å². The van der Waals surface area contributed by atoms with E-state index >= 15 is 0 Å². The fourth-order valence-corrected chi connectivity index (χ4v) is 1.54. The molecular weight excluding hydrogens is 192 g/mol. The van der Waals surface area contributed by atoms with Gasteiger partial charge in [-0.2, -0.15) is 0 Å². The first-order valence-corrected chi connectivity index (χ1v) is 5.12. The van der Waals surface area contributed by atoms with Crippen LogP contribution in [0.2, 0.25) is 0 Å². The molecule has 2 rings (SSSR count). The second kappa shape index (κ2) is 4.44. The molecule has 0 spiro atoms. The number of nitrogens with one attached hydrogen (secondary N) is 1. The zero-order chi connectivity index (χ0) is 10.7. The Hall–Kier alpha value is -1.36. The van der Waals surface area contributed by atoms with E-state index < -0.39 is 0 Å². The van der Waals surface area contributed by atoms with E-state index in [-0.39, 0.29) is 6.10 Å². The molecule has 0 aliphatic carbocycles. The lowest BCUT2D eigenvalue weighted by Gasteiger charge is -2.14. The number of hydrogen-bond acceptors (Lipinski definition) is 5. The largest absolute Gasteiger partial charge is 0.473 e. The maximum absolute atomic E-state index is 5.73. The molecule has 1 aromatic rings. The van der Waals surface area contributed by atoms with Crippen molar-refractivity contribution in [3.63, 3.8) is 0 Å². The van der Waals surface area contributed by atoms with Crippen molar-refractivity contribution >= 4 is 5.82 Å².